The van der Waals surface area contributed by atoms with Crippen molar-refractivity contribution < 1.29 is 28.2 Å². The molecule has 10 heteroatoms. The normalized spacial score (nSPS) is 12.0. The first-order valence-corrected chi connectivity index (χ1v) is 9.31. The number of amides is 1. The topological polar surface area (TPSA) is 134 Å². The van der Waals surface area contributed by atoms with Gasteiger partial charge in [0.2, 0.25) is 9.84 Å². The van der Waals surface area contributed by atoms with E-state index in [0.29, 0.717) is 17.0 Å². The van der Waals surface area contributed by atoms with Crippen molar-refractivity contribution in [2.75, 3.05) is 5.32 Å². The number of aromatic carboxylic acids is 1. The molecule has 0 bridgehead atoms. The number of hydrogen-bond acceptors (Lipinski definition) is 7. The summed E-state index contributed by atoms with van der Waals surface area (Å²) in [4.78, 5) is 27.1. The molecular formula is C15H16N2O6S2. The number of nitrogens with zero attached hydrogens (tertiary/aromatic N) is 1. The Bertz CT molecular complexity index is 941. The van der Waals surface area contributed by atoms with Crippen LogP contribution in [-0.2, 0) is 14.6 Å². The number of anilines is 1. The van der Waals surface area contributed by atoms with Gasteiger partial charge in [-0.25, -0.2) is 13.2 Å². The van der Waals surface area contributed by atoms with E-state index in [4.69, 9.17) is 0 Å². The summed E-state index contributed by atoms with van der Waals surface area (Å²) in [6.45, 7) is 4.09. The van der Waals surface area contributed by atoms with Crippen LogP contribution < -0.4 is 5.32 Å². The fourth-order valence-corrected chi connectivity index (χ4v) is 4.64. The molecule has 0 atom stereocenters. The van der Waals surface area contributed by atoms with E-state index >= 15 is 0 Å². The third kappa shape index (κ3) is 4.03. The van der Waals surface area contributed by atoms with Crippen LogP contribution in [0.4, 0.5) is 5.00 Å². The second kappa shape index (κ2) is 6.54. The average molecular weight is 384 g/mol. The number of aromatic nitrogens is 1. The highest BCUT2D eigenvalue weighted by atomic mass is 32.2. The van der Waals surface area contributed by atoms with Crippen LogP contribution in [0.15, 0.2) is 33.5 Å². The van der Waals surface area contributed by atoms with Crippen molar-refractivity contribution in [3.63, 3.8) is 0 Å². The van der Waals surface area contributed by atoms with Gasteiger partial charge in [-0.15, -0.1) is 11.3 Å². The highest BCUT2D eigenvalue weighted by molar-refractivity contribution is 7.93. The van der Waals surface area contributed by atoms with Gasteiger partial charge < -0.3 is 15.5 Å². The van der Waals surface area contributed by atoms with Gasteiger partial charge in [-0.1, -0.05) is 0 Å². The molecule has 0 saturated heterocycles. The van der Waals surface area contributed by atoms with E-state index < -0.39 is 27.3 Å². The SMILES string of the molecule is Cc1cc(S(=O)(=O)c2cc(C(=O)O)c(NC(=O)C(C)(C)O)s2)ccn1. The number of carbonyl (C=O) groups is 2. The van der Waals surface area contributed by atoms with E-state index in [-0.39, 0.29) is 19.7 Å². The van der Waals surface area contributed by atoms with Gasteiger partial charge >= 0.3 is 5.97 Å². The smallest absolute Gasteiger partial charge is 0.338 e. The molecule has 2 heterocycles. The van der Waals surface area contributed by atoms with Gasteiger partial charge in [0.1, 0.15) is 14.8 Å². The Balaban J connectivity index is 2.52. The number of thiophene rings is 1. The Morgan fingerprint density at radius 1 is 1.28 bits per heavy atom. The van der Waals surface area contributed by atoms with Gasteiger partial charge in [-0.05, 0) is 39.0 Å². The van der Waals surface area contributed by atoms with Gasteiger partial charge in [0.15, 0.2) is 0 Å². The highest BCUT2D eigenvalue weighted by Crippen LogP contribution is 2.35. The molecule has 0 aliphatic heterocycles. The Morgan fingerprint density at radius 2 is 1.92 bits per heavy atom. The number of hydrogen-bond donors (Lipinski definition) is 3. The number of nitrogens with one attached hydrogen (secondary N) is 1. The summed E-state index contributed by atoms with van der Waals surface area (Å²) in [6, 6.07) is 3.65. The van der Waals surface area contributed by atoms with Gasteiger partial charge in [-0.2, -0.15) is 0 Å². The molecule has 8 nitrogen and oxygen atoms in total. The molecule has 0 aliphatic carbocycles. The molecule has 0 saturated carbocycles. The zero-order valence-corrected chi connectivity index (χ0v) is 15.2. The maximum absolute atomic E-state index is 12.7. The minimum atomic E-state index is -3.97. The monoisotopic (exact) mass is 384 g/mol. The summed E-state index contributed by atoms with van der Waals surface area (Å²) in [7, 11) is -3.97. The van der Waals surface area contributed by atoms with E-state index in [1.54, 1.807) is 6.92 Å². The minimum Gasteiger partial charge on any atom is -0.478 e. The lowest BCUT2D eigenvalue weighted by Crippen LogP contribution is -2.36. The van der Waals surface area contributed by atoms with Crippen LogP contribution in [0.5, 0.6) is 0 Å². The standard InChI is InChI=1S/C15H16N2O6S2/c1-8-6-9(4-5-16-8)25(22,23)11-7-10(13(18)19)12(24-11)17-14(20)15(2,3)21/h4-7,21H,1-3H3,(H,17,20)(H,18,19). The maximum Gasteiger partial charge on any atom is 0.338 e. The second-order valence-corrected chi connectivity index (χ2v) is 8.99. The molecule has 25 heavy (non-hydrogen) atoms. The van der Waals surface area contributed by atoms with Crippen LogP contribution in [0.25, 0.3) is 0 Å². The number of pyridine rings is 1. The first-order chi connectivity index (χ1) is 11.4. The van der Waals surface area contributed by atoms with E-state index in [1.807, 2.05) is 0 Å². The van der Waals surface area contributed by atoms with Crippen molar-refractivity contribution in [3.05, 3.63) is 35.7 Å². The average Bonchev–Trinajstić information content (AvgIpc) is 2.91. The number of carboxylic acids is 1. The quantitative estimate of drug-likeness (QED) is 0.714. The summed E-state index contributed by atoms with van der Waals surface area (Å²) < 4.78 is 25.1. The van der Waals surface area contributed by atoms with Gasteiger partial charge in [0, 0.05) is 11.9 Å². The van der Waals surface area contributed by atoms with Gasteiger partial charge in [0.25, 0.3) is 5.91 Å². The van der Waals surface area contributed by atoms with Gasteiger partial charge in [0.05, 0.1) is 10.5 Å². The predicted molar refractivity (Wildman–Crippen MR) is 90.6 cm³/mol. The zero-order chi connectivity index (χ0) is 19.0. The van der Waals surface area contributed by atoms with Crippen molar-refractivity contribution in [3.8, 4) is 0 Å². The lowest BCUT2D eigenvalue weighted by Gasteiger charge is -2.15. The molecule has 0 radical (unpaired) electrons. The van der Waals surface area contributed by atoms with Crippen molar-refractivity contribution in [1.29, 1.82) is 0 Å². The minimum absolute atomic E-state index is 0.0291. The van der Waals surface area contributed by atoms with E-state index in [0.717, 1.165) is 6.07 Å². The molecule has 0 fully saturated rings. The summed E-state index contributed by atoms with van der Waals surface area (Å²) >= 11 is 0.608. The van der Waals surface area contributed by atoms with Crippen LogP contribution in [0, 0.1) is 6.92 Å². The van der Waals surface area contributed by atoms with Crippen molar-refractivity contribution >= 4 is 38.1 Å². The van der Waals surface area contributed by atoms with Crippen molar-refractivity contribution in [2.24, 2.45) is 0 Å². The Kier molecular flexibility index (Phi) is 4.98. The fourth-order valence-electron chi connectivity index (χ4n) is 1.81. The number of aryl methyl sites for hydroxylation is 1. The predicted octanol–water partition coefficient (Wildman–Crippen LogP) is 1.69. The third-order valence-corrected chi connectivity index (χ3v) is 6.44. The highest BCUT2D eigenvalue weighted by Gasteiger charge is 2.29. The van der Waals surface area contributed by atoms with Gasteiger partial charge in [-0.3, -0.25) is 9.78 Å². The third-order valence-electron chi connectivity index (χ3n) is 3.17. The summed E-state index contributed by atoms with van der Waals surface area (Å²) in [5, 5.41) is 21.0. The molecule has 2 rings (SSSR count). The number of rotatable bonds is 5. The molecule has 0 aliphatic rings. The van der Waals surface area contributed by atoms with Crippen LogP contribution in [0.1, 0.15) is 29.9 Å². The number of carbonyl (C=O) groups excluding carboxylic acids is 1. The molecule has 2 aromatic rings. The summed E-state index contributed by atoms with van der Waals surface area (Å²) in [5.74, 6) is -2.24. The lowest BCUT2D eigenvalue weighted by atomic mass is 10.1. The first-order valence-electron chi connectivity index (χ1n) is 7.01. The fraction of sp³-hybridized carbons (Fsp3) is 0.267. The van der Waals surface area contributed by atoms with Crippen LogP contribution in [-0.4, -0.2) is 41.1 Å². The number of sulfone groups is 1. The second-order valence-electron chi connectivity index (χ2n) is 5.76. The zero-order valence-electron chi connectivity index (χ0n) is 13.6. The summed E-state index contributed by atoms with van der Waals surface area (Å²) in [6.07, 6.45) is 1.34. The largest absolute Gasteiger partial charge is 0.478 e. The van der Waals surface area contributed by atoms with Crippen molar-refractivity contribution in [2.45, 2.75) is 35.5 Å². The van der Waals surface area contributed by atoms with E-state index in [1.165, 1.54) is 32.2 Å². The maximum atomic E-state index is 12.7. The van der Waals surface area contributed by atoms with Crippen LogP contribution >= 0.6 is 11.3 Å². The first kappa shape index (κ1) is 19.0. The lowest BCUT2D eigenvalue weighted by molar-refractivity contribution is -0.130. The number of carboxylic acid groups (broad SMARTS) is 1. The Morgan fingerprint density at radius 3 is 2.44 bits per heavy atom. The van der Waals surface area contributed by atoms with E-state index in [9.17, 15) is 28.2 Å². The molecular weight excluding hydrogens is 368 g/mol. The molecule has 0 aromatic carbocycles. The van der Waals surface area contributed by atoms with Crippen LogP contribution in [0.3, 0.4) is 0 Å². The molecule has 0 unspecified atom stereocenters. The van der Waals surface area contributed by atoms with Crippen LogP contribution in [0.2, 0.25) is 0 Å². The molecule has 1 amide bonds. The number of aliphatic hydroxyl groups is 1. The Labute approximate surface area is 148 Å². The van der Waals surface area contributed by atoms with Crippen molar-refractivity contribution in [1.82, 2.24) is 4.98 Å². The summed E-state index contributed by atoms with van der Waals surface area (Å²) in [5.41, 5.74) is -1.63. The molecule has 2 aromatic heterocycles. The molecule has 0 spiro atoms. The molecule has 134 valence electrons. The van der Waals surface area contributed by atoms with E-state index in [2.05, 4.69) is 10.3 Å². The Hall–Kier alpha value is -2.30. The molecule has 3 N–H and O–H groups in total.